The molecule has 0 amide bonds. The molecule has 0 heterocycles. The molecule has 2 rings (SSSR count). The van der Waals surface area contributed by atoms with Crippen molar-refractivity contribution in [2.45, 2.75) is 64.9 Å². The summed E-state index contributed by atoms with van der Waals surface area (Å²) >= 11 is 0. The number of aryl methyl sites for hydroxylation is 1. The molecule has 1 fully saturated rings. The molecule has 0 bridgehead atoms. The Hall–Kier alpha value is -2.96. The van der Waals surface area contributed by atoms with E-state index < -0.39 is 17.7 Å². The van der Waals surface area contributed by atoms with Crippen molar-refractivity contribution in [1.82, 2.24) is 0 Å². The van der Waals surface area contributed by atoms with Gasteiger partial charge in [-0.25, -0.2) is 8.78 Å². The van der Waals surface area contributed by atoms with E-state index >= 15 is 0 Å². The zero-order valence-corrected chi connectivity index (χ0v) is 19.5. The second-order valence-electron chi connectivity index (χ2n) is 8.99. The standard InChI is InChI=1S/C25H33F2N3O2/c1-16-10-8-9-11-20(16)25(12-13-25)19(4)30-32-18(3)22(14-21(28)23(26)27)29-15-17(2)31-24(5,6)7/h8-11,14,23H,2-3,12-13,15,28H2,1,4-7H3/b21-14-,29-22?,30-19+. The van der Waals surface area contributed by atoms with Gasteiger partial charge in [0.1, 0.15) is 17.1 Å². The Balaban J connectivity index is 2.21. The highest BCUT2D eigenvalue weighted by Gasteiger charge is 2.48. The van der Waals surface area contributed by atoms with Crippen LogP contribution in [0.3, 0.4) is 0 Å². The van der Waals surface area contributed by atoms with Crippen LogP contribution in [0, 0.1) is 6.92 Å². The van der Waals surface area contributed by atoms with Gasteiger partial charge >= 0.3 is 0 Å². The number of nitrogens with zero attached hydrogens (tertiary/aromatic N) is 2. The van der Waals surface area contributed by atoms with Gasteiger partial charge in [-0.1, -0.05) is 42.6 Å². The van der Waals surface area contributed by atoms with Crippen LogP contribution in [0.1, 0.15) is 51.7 Å². The van der Waals surface area contributed by atoms with Gasteiger partial charge in [0.25, 0.3) is 6.43 Å². The average Bonchev–Trinajstić information content (AvgIpc) is 3.49. The summed E-state index contributed by atoms with van der Waals surface area (Å²) in [5, 5.41) is 4.26. The van der Waals surface area contributed by atoms with Gasteiger partial charge in [0, 0.05) is 5.41 Å². The molecule has 0 radical (unpaired) electrons. The molecule has 5 nitrogen and oxygen atoms in total. The molecule has 0 saturated heterocycles. The molecule has 0 aliphatic heterocycles. The molecule has 1 aromatic rings. The third-order valence-electron chi connectivity index (χ3n) is 5.11. The topological polar surface area (TPSA) is 69.2 Å². The minimum atomic E-state index is -2.83. The van der Waals surface area contributed by atoms with Crippen LogP contribution in [0.2, 0.25) is 0 Å². The van der Waals surface area contributed by atoms with Crippen molar-refractivity contribution in [2.75, 3.05) is 6.54 Å². The number of ether oxygens (including phenoxy) is 1. The van der Waals surface area contributed by atoms with Crippen LogP contribution in [0.15, 0.2) is 70.9 Å². The Morgan fingerprint density at radius 2 is 1.88 bits per heavy atom. The molecule has 2 N–H and O–H groups in total. The fourth-order valence-corrected chi connectivity index (χ4v) is 3.39. The number of hydrogen-bond donors (Lipinski definition) is 1. The highest BCUT2D eigenvalue weighted by atomic mass is 19.3. The molecule has 0 spiro atoms. The molecule has 1 saturated carbocycles. The van der Waals surface area contributed by atoms with E-state index in [1.54, 1.807) is 0 Å². The second-order valence-corrected chi connectivity index (χ2v) is 8.99. The summed E-state index contributed by atoms with van der Waals surface area (Å²) in [5.74, 6) is 0.389. The summed E-state index contributed by atoms with van der Waals surface area (Å²) in [6.07, 6.45) is 0.137. The van der Waals surface area contributed by atoms with E-state index in [2.05, 4.69) is 42.4 Å². The lowest BCUT2D eigenvalue weighted by atomic mass is 9.88. The Morgan fingerprint density at radius 1 is 1.25 bits per heavy atom. The van der Waals surface area contributed by atoms with Crippen LogP contribution in [-0.4, -0.2) is 30.0 Å². The summed E-state index contributed by atoms with van der Waals surface area (Å²) in [7, 11) is 0. The zero-order chi connectivity index (χ0) is 24.1. The summed E-state index contributed by atoms with van der Waals surface area (Å²) in [4.78, 5) is 9.78. The van der Waals surface area contributed by atoms with Crippen molar-refractivity contribution in [1.29, 1.82) is 0 Å². The summed E-state index contributed by atoms with van der Waals surface area (Å²) in [6.45, 7) is 17.2. The van der Waals surface area contributed by atoms with Crippen LogP contribution in [-0.2, 0) is 15.0 Å². The molecular weight excluding hydrogens is 412 g/mol. The smallest absolute Gasteiger partial charge is 0.277 e. The first-order chi connectivity index (χ1) is 14.9. The van der Waals surface area contributed by atoms with Gasteiger partial charge in [0.05, 0.1) is 18.0 Å². The Morgan fingerprint density at radius 3 is 2.41 bits per heavy atom. The summed E-state index contributed by atoms with van der Waals surface area (Å²) in [5.41, 5.74) is 7.41. The summed E-state index contributed by atoms with van der Waals surface area (Å²) in [6, 6.07) is 8.16. The van der Waals surface area contributed by atoms with Crippen LogP contribution in [0.25, 0.3) is 0 Å². The quantitative estimate of drug-likeness (QED) is 0.281. The maximum absolute atomic E-state index is 13.0. The predicted molar refractivity (Wildman–Crippen MR) is 126 cm³/mol. The normalized spacial score (nSPS) is 16.7. The van der Waals surface area contributed by atoms with E-state index in [-0.39, 0.29) is 23.4 Å². The number of hydrogen-bond acceptors (Lipinski definition) is 5. The minimum Gasteiger partial charge on any atom is -0.491 e. The first kappa shape index (κ1) is 25.3. The lowest BCUT2D eigenvalue weighted by molar-refractivity contribution is 0.0521. The van der Waals surface area contributed by atoms with E-state index in [1.807, 2.05) is 39.8 Å². The van der Waals surface area contributed by atoms with Crippen LogP contribution < -0.4 is 5.73 Å². The third-order valence-corrected chi connectivity index (χ3v) is 5.11. The molecule has 174 valence electrons. The molecule has 1 aliphatic rings. The number of allylic oxidation sites excluding steroid dienone is 2. The van der Waals surface area contributed by atoms with Crippen molar-refractivity contribution in [3.63, 3.8) is 0 Å². The number of alkyl halides is 2. The fourth-order valence-electron chi connectivity index (χ4n) is 3.39. The molecule has 0 unspecified atom stereocenters. The number of halogens is 2. The molecular formula is C25H33F2N3O2. The van der Waals surface area contributed by atoms with Crippen molar-refractivity contribution in [3.05, 3.63) is 71.8 Å². The maximum Gasteiger partial charge on any atom is 0.277 e. The first-order valence-corrected chi connectivity index (χ1v) is 10.5. The van der Waals surface area contributed by atoms with E-state index in [0.717, 1.165) is 24.6 Å². The van der Waals surface area contributed by atoms with Gasteiger partial charge in [-0.15, -0.1) is 0 Å². The Labute approximate surface area is 189 Å². The van der Waals surface area contributed by atoms with Gasteiger partial charge in [-0.05, 0) is 64.7 Å². The lowest BCUT2D eigenvalue weighted by Gasteiger charge is -2.22. The average molecular weight is 446 g/mol. The van der Waals surface area contributed by atoms with Gasteiger partial charge in [-0.3, -0.25) is 4.99 Å². The van der Waals surface area contributed by atoms with E-state index in [0.29, 0.717) is 5.76 Å². The van der Waals surface area contributed by atoms with E-state index in [1.165, 1.54) is 11.1 Å². The molecule has 0 aromatic heterocycles. The fraction of sp³-hybridized carbons (Fsp3) is 0.440. The lowest BCUT2D eigenvalue weighted by Crippen LogP contribution is -2.20. The van der Waals surface area contributed by atoms with Crippen LogP contribution >= 0.6 is 0 Å². The molecule has 32 heavy (non-hydrogen) atoms. The van der Waals surface area contributed by atoms with Crippen LogP contribution in [0.5, 0.6) is 0 Å². The van der Waals surface area contributed by atoms with Gasteiger partial charge in [0.15, 0.2) is 5.76 Å². The monoisotopic (exact) mass is 445 g/mol. The van der Waals surface area contributed by atoms with Gasteiger partial charge < -0.3 is 15.3 Å². The zero-order valence-electron chi connectivity index (χ0n) is 19.5. The van der Waals surface area contributed by atoms with Crippen molar-refractivity contribution < 1.29 is 18.4 Å². The van der Waals surface area contributed by atoms with Gasteiger partial charge in [0.2, 0.25) is 0 Å². The molecule has 7 heteroatoms. The first-order valence-electron chi connectivity index (χ1n) is 10.5. The van der Waals surface area contributed by atoms with Crippen LogP contribution in [0.4, 0.5) is 8.78 Å². The molecule has 1 aliphatic carbocycles. The number of rotatable bonds is 10. The molecule has 1 aromatic carbocycles. The number of oxime groups is 1. The Kier molecular flexibility index (Phi) is 7.99. The number of aliphatic imine (C=N–C) groups is 1. The third kappa shape index (κ3) is 6.77. The van der Waals surface area contributed by atoms with Crippen molar-refractivity contribution >= 4 is 11.4 Å². The highest BCUT2D eigenvalue weighted by Crippen LogP contribution is 2.50. The largest absolute Gasteiger partial charge is 0.491 e. The number of benzene rings is 1. The SMILES string of the molecule is C=C(CN=C(/C=C(\N)C(F)F)C(=C)O/N=C(\C)C1(c2ccccc2C)CC1)OC(C)(C)C. The van der Waals surface area contributed by atoms with E-state index in [9.17, 15) is 8.78 Å². The molecule has 0 atom stereocenters. The predicted octanol–water partition coefficient (Wildman–Crippen LogP) is 5.81. The van der Waals surface area contributed by atoms with Crippen molar-refractivity contribution in [2.24, 2.45) is 15.9 Å². The minimum absolute atomic E-state index is 0.0112. The second kappa shape index (κ2) is 10.1. The Bertz CT molecular complexity index is 952. The van der Waals surface area contributed by atoms with E-state index in [4.69, 9.17) is 15.3 Å². The summed E-state index contributed by atoms with van der Waals surface area (Å²) < 4.78 is 31.6. The van der Waals surface area contributed by atoms with Gasteiger partial charge in [-0.2, -0.15) is 0 Å². The van der Waals surface area contributed by atoms with Crippen molar-refractivity contribution in [3.8, 4) is 0 Å². The highest BCUT2D eigenvalue weighted by molar-refractivity contribution is 6.07. The maximum atomic E-state index is 13.0. The number of nitrogens with two attached hydrogens (primary N) is 1.